The molecule has 0 aliphatic heterocycles. The summed E-state index contributed by atoms with van der Waals surface area (Å²) >= 11 is 34.5. The first-order valence-electron chi connectivity index (χ1n) is 13.3. The summed E-state index contributed by atoms with van der Waals surface area (Å²) in [6, 6.07) is 9.59. The predicted octanol–water partition coefficient (Wildman–Crippen LogP) is 9.78. The van der Waals surface area contributed by atoms with Crippen molar-refractivity contribution in [2.75, 3.05) is 0 Å². The van der Waals surface area contributed by atoms with E-state index in [-0.39, 0.29) is 28.7 Å². The average molecular weight is 738 g/mol. The fourth-order valence-electron chi connectivity index (χ4n) is 3.38. The minimum atomic E-state index is -0.521. The molecule has 14 heteroatoms. The third-order valence-corrected chi connectivity index (χ3v) is 6.85. The molecule has 3 aromatic rings. The van der Waals surface area contributed by atoms with Gasteiger partial charge in [-0.05, 0) is 90.4 Å². The molecule has 0 saturated heterocycles. The number of hydrogen-bond donors (Lipinski definition) is 0. The lowest BCUT2D eigenvalue weighted by Gasteiger charge is -2.19. The van der Waals surface area contributed by atoms with Crippen LogP contribution in [0.15, 0.2) is 42.5 Å². The van der Waals surface area contributed by atoms with Crippen LogP contribution in [-0.4, -0.2) is 44.4 Å². The van der Waals surface area contributed by atoms with E-state index in [9.17, 15) is 14.4 Å². The normalized spacial score (nSPS) is 15.6. The van der Waals surface area contributed by atoms with E-state index in [0.717, 1.165) is 6.42 Å². The second kappa shape index (κ2) is 16.9. The summed E-state index contributed by atoms with van der Waals surface area (Å²) in [5.74, 6) is -0.751. The first-order valence-corrected chi connectivity index (χ1v) is 15.6. The third-order valence-electron chi connectivity index (χ3n) is 5.26. The number of ether oxygens (including phenoxy) is 2. The Labute approximate surface area is 292 Å². The molecule has 3 aromatic heterocycles. The summed E-state index contributed by atoms with van der Waals surface area (Å²) in [6.45, 7) is 10.9. The smallest absolute Gasteiger partial charge is 0.331 e. The molecule has 242 valence electrons. The zero-order chi connectivity index (χ0) is 34.1. The number of aldehydes is 1. The SMILES string of the molecule is CC(C)(C)OC(=O)/C=C/c1nc(Cl)ccc1Cl.CC(C)(C)OC(=O)C1CC1c1nc(Cl)ccc1Cl.O=Cc1nc(Cl)ccc1Cl. The molecule has 2 atom stereocenters. The van der Waals surface area contributed by atoms with E-state index in [4.69, 9.17) is 79.1 Å². The zero-order valence-electron chi connectivity index (χ0n) is 25.2. The summed E-state index contributed by atoms with van der Waals surface area (Å²) in [6.07, 6.45) is 4.04. The van der Waals surface area contributed by atoms with E-state index < -0.39 is 17.2 Å². The monoisotopic (exact) mass is 735 g/mol. The lowest BCUT2D eigenvalue weighted by Crippen LogP contribution is -2.25. The molecular weight excluding hydrogens is 707 g/mol. The molecule has 0 aromatic carbocycles. The quantitative estimate of drug-likeness (QED) is 0.110. The van der Waals surface area contributed by atoms with Gasteiger partial charge in [-0.15, -0.1) is 0 Å². The second-order valence-electron chi connectivity index (χ2n) is 11.5. The summed E-state index contributed by atoms with van der Waals surface area (Å²) in [5.41, 5.74) is 0.321. The first-order chi connectivity index (χ1) is 20.8. The van der Waals surface area contributed by atoms with Crippen molar-refractivity contribution in [1.29, 1.82) is 0 Å². The number of hydrogen-bond acceptors (Lipinski definition) is 8. The molecule has 1 aliphatic carbocycles. The highest BCUT2D eigenvalue weighted by atomic mass is 35.5. The van der Waals surface area contributed by atoms with Gasteiger partial charge in [0.1, 0.15) is 32.4 Å². The Bertz CT molecular complexity index is 1550. The Morgan fingerprint density at radius 3 is 1.67 bits per heavy atom. The van der Waals surface area contributed by atoms with Crippen molar-refractivity contribution in [3.8, 4) is 0 Å². The number of carbonyl (C=O) groups is 3. The number of aromatic nitrogens is 3. The standard InChI is InChI=1S/C13H15Cl2NO2.C12H13Cl2NO2.C6H3Cl2NO/c1-13(2,3)18-12(17)8-6-7(8)11-9(14)4-5-10(15)16-11;1-12(2,3)17-11(16)7-5-9-8(13)4-6-10(14)15-9;7-4-1-2-6(8)9-5(4)3-10/h4-5,7-8H,6H2,1-3H3;4-7H,1-3H3;1-3H/b;7-5+;. The first kappa shape index (κ1) is 38.7. The number of nitrogens with zero attached hydrogens (tertiary/aromatic N) is 3. The van der Waals surface area contributed by atoms with Crippen molar-refractivity contribution in [3.05, 3.63) is 90.1 Å². The molecule has 1 aliphatic rings. The Balaban J connectivity index is 0.000000245. The van der Waals surface area contributed by atoms with Crippen LogP contribution in [0.3, 0.4) is 0 Å². The Hall–Kier alpha value is -2.46. The molecule has 8 nitrogen and oxygen atoms in total. The molecule has 3 heterocycles. The van der Waals surface area contributed by atoms with Gasteiger partial charge in [-0.3, -0.25) is 9.59 Å². The molecule has 0 spiro atoms. The van der Waals surface area contributed by atoms with Crippen molar-refractivity contribution in [2.24, 2.45) is 5.92 Å². The molecule has 0 bridgehead atoms. The van der Waals surface area contributed by atoms with Crippen molar-refractivity contribution in [3.63, 3.8) is 0 Å². The highest BCUT2D eigenvalue weighted by Crippen LogP contribution is 2.50. The van der Waals surface area contributed by atoms with E-state index in [1.165, 1.54) is 24.3 Å². The van der Waals surface area contributed by atoms with Crippen LogP contribution in [0, 0.1) is 5.92 Å². The van der Waals surface area contributed by atoms with Gasteiger partial charge in [0.25, 0.3) is 0 Å². The Morgan fingerprint density at radius 1 is 0.711 bits per heavy atom. The summed E-state index contributed by atoms with van der Waals surface area (Å²) in [7, 11) is 0. The maximum absolute atomic E-state index is 11.9. The van der Waals surface area contributed by atoms with Crippen LogP contribution in [0.2, 0.25) is 30.5 Å². The van der Waals surface area contributed by atoms with Crippen LogP contribution in [0.5, 0.6) is 0 Å². The topological polar surface area (TPSA) is 108 Å². The van der Waals surface area contributed by atoms with Crippen LogP contribution in [0.4, 0.5) is 0 Å². The molecule has 2 unspecified atom stereocenters. The highest BCUT2D eigenvalue weighted by molar-refractivity contribution is 6.34. The van der Waals surface area contributed by atoms with Gasteiger partial charge in [-0.2, -0.15) is 0 Å². The van der Waals surface area contributed by atoms with E-state index in [1.807, 2.05) is 20.8 Å². The third kappa shape index (κ3) is 14.2. The molecule has 4 rings (SSSR count). The van der Waals surface area contributed by atoms with E-state index in [1.54, 1.807) is 45.0 Å². The molecule has 1 fully saturated rings. The van der Waals surface area contributed by atoms with Gasteiger partial charge in [-0.1, -0.05) is 69.6 Å². The molecule has 0 N–H and O–H groups in total. The predicted molar refractivity (Wildman–Crippen MR) is 180 cm³/mol. The van der Waals surface area contributed by atoms with Gasteiger partial charge in [0.05, 0.1) is 32.4 Å². The fraction of sp³-hybridized carbons (Fsp3) is 0.355. The molecule has 0 amide bonds. The highest BCUT2D eigenvalue weighted by Gasteiger charge is 2.48. The van der Waals surface area contributed by atoms with Gasteiger partial charge in [0.2, 0.25) is 0 Å². The summed E-state index contributed by atoms with van der Waals surface area (Å²) in [5, 5.41) is 2.28. The number of esters is 2. The van der Waals surface area contributed by atoms with Crippen molar-refractivity contribution >= 4 is 93.9 Å². The summed E-state index contributed by atoms with van der Waals surface area (Å²) < 4.78 is 10.4. The number of carbonyl (C=O) groups excluding carboxylic acids is 3. The van der Waals surface area contributed by atoms with Crippen LogP contribution >= 0.6 is 69.6 Å². The lowest BCUT2D eigenvalue weighted by molar-refractivity contribution is -0.156. The molecular formula is C31H31Cl6N3O5. The minimum Gasteiger partial charge on any atom is -0.460 e. The summed E-state index contributed by atoms with van der Waals surface area (Å²) in [4.78, 5) is 45.3. The molecule has 1 saturated carbocycles. The maximum atomic E-state index is 11.9. The Kier molecular flexibility index (Phi) is 14.6. The zero-order valence-corrected chi connectivity index (χ0v) is 29.7. The van der Waals surface area contributed by atoms with Gasteiger partial charge in [-0.25, -0.2) is 19.7 Å². The Morgan fingerprint density at radius 2 is 1.18 bits per heavy atom. The largest absolute Gasteiger partial charge is 0.460 e. The van der Waals surface area contributed by atoms with E-state index in [2.05, 4.69) is 15.0 Å². The molecule has 45 heavy (non-hydrogen) atoms. The van der Waals surface area contributed by atoms with E-state index >= 15 is 0 Å². The van der Waals surface area contributed by atoms with E-state index in [0.29, 0.717) is 43.0 Å². The number of halogens is 6. The van der Waals surface area contributed by atoms with Gasteiger partial charge in [0, 0.05) is 12.0 Å². The number of rotatable bonds is 5. The average Bonchev–Trinajstić information content (AvgIpc) is 3.72. The van der Waals surface area contributed by atoms with Crippen LogP contribution in [0.25, 0.3) is 6.08 Å². The minimum absolute atomic E-state index is 0.0334. The molecule has 0 radical (unpaired) electrons. The van der Waals surface area contributed by atoms with Crippen molar-refractivity contribution < 1.29 is 23.9 Å². The maximum Gasteiger partial charge on any atom is 0.331 e. The van der Waals surface area contributed by atoms with Crippen LogP contribution < -0.4 is 0 Å². The van der Waals surface area contributed by atoms with Gasteiger partial charge >= 0.3 is 11.9 Å². The van der Waals surface area contributed by atoms with Crippen LogP contribution in [-0.2, 0) is 19.1 Å². The van der Waals surface area contributed by atoms with Crippen LogP contribution in [0.1, 0.15) is 75.8 Å². The lowest BCUT2D eigenvalue weighted by atomic mass is 10.2. The number of pyridine rings is 3. The van der Waals surface area contributed by atoms with Crippen molar-refractivity contribution in [2.45, 2.75) is 65.1 Å². The fourth-order valence-corrected chi connectivity index (χ4v) is 4.40. The second-order valence-corrected chi connectivity index (χ2v) is 13.9. The van der Waals surface area contributed by atoms with Gasteiger partial charge < -0.3 is 9.47 Å². The van der Waals surface area contributed by atoms with Gasteiger partial charge in [0.15, 0.2) is 6.29 Å². The van der Waals surface area contributed by atoms with Crippen molar-refractivity contribution in [1.82, 2.24) is 15.0 Å².